The molecule has 0 atom stereocenters. The van der Waals surface area contributed by atoms with Crippen LogP contribution < -0.4 is 10.6 Å². The number of anilines is 2. The second-order valence-corrected chi connectivity index (χ2v) is 7.05. The molecule has 7 nitrogen and oxygen atoms in total. The van der Waals surface area contributed by atoms with Gasteiger partial charge in [0.15, 0.2) is 5.13 Å². The first-order chi connectivity index (χ1) is 12.9. The Hall–Kier alpha value is -3.13. The summed E-state index contributed by atoms with van der Waals surface area (Å²) < 4.78 is 0. The van der Waals surface area contributed by atoms with Gasteiger partial charge in [-0.05, 0) is 31.9 Å². The molecular weight excluding hydrogens is 362 g/mol. The van der Waals surface area contributed by atoms with E-state index in [0.717, 1.165) is 22.4 Å². The van der Waals surface area contributed by atoms with E-state index < -0.39 is 0 Å². The Bertz CT molecular complexity index is 962. The van der Waals surface area contributed by atoms with Crippen molar-refractivity contribution in [1.82, 2.24) is 15.0 Å². The van der Waals surface area contributed by atoms with Crippen molar-refractivity contribution in [2.75, 3.05) is 10.6 Å². The number of aryl methyl sites for hydroxylation is 3. The molecule has 0 spiro atoms. The van der Waals surface area contributed by atoms with E-state index in [9.17, 15) is 9.59 Å². The lowest BCUT2D eigenvalue weighted by Gasteiger charge is -2.12. The molecule has 27 heavy (non-hydrogen) atoms. The number of carbonyl (C=O) groups excluding carboxylic acids is 2. The zero-order chi connectivity index (χ0) is 19.4. The summed E-state index contributed by atoms with van der Waals surface area (Å²) in [6.07, 6.45) is 4.45. The minimum absolute atomic E-state index is 0.129. The van der Waals surface area contributed by atoms with Crippen LogP contribution in [0.3, 0.4) is 0 Å². The minimum atomic E-state index is -0.389. The summed E-state index contributed by atoms with van der Waals surface area (Å²) >= 11 is 1.26. The maximum atomic E-state index is 12.4. The SMILES string of the molecule is Cc1cc(C)c(NC(=O)Cc2csc(NC(=O)c3cnccn3)n2)c(C)c1. The average molecular weight is 381 g/mol. The van der Waals surface area contributed by atoms with Crippen LogP contribution in [-0.2, 0) is 11.2 Å². The van der Waals surface area contributed by atoms with Gasteiger partial charge in [0.25, 0.3) is 5.91 Å². The molecule has 8 heteroatoms. The van der Waals surface area contributed by atoms with Gasteiger partial charge in [0.05, 0.1) is 18.3 Å². The van der Waals surface area contributed by atoms with Crippen molar-refractivity contribution in [3.05, 3.63) is 64.2 Å². The van der Waals surface area contributed by atoms with Gasteiger partial charge < -0.3 is 5.32 Å². The van der Waals surface area contributed by atoms with E-state index in [-0.39, 0.29) is 23.9 Å². The van der Waals surface area contributed by atoms with Gasteiger partial charge in [-0.15, -0.1) is 11.3 Å². The number of hydrogen-bond donors (Lipinski definition) is 2. The van der Waals surface area contributed by atoms with E-state index >= 15 is 0 Å². The topological polar surface area (TPSA) is 96.9 Å². The number of benzene rings is 1. The standard InChI is InChI=1S/C19H19N5O2S/c1-11-6-12(2)17(13(3)7-11)23-16(25)8-14-10-27-19(22-14)24-18(26)15-9-20-4-5-21-15/h4-7,9-10H,8H2,1-3H3,(H,23,25)(H,22,24,26). The summed E-state index contributed by atoms with van der Waals surface area (Å²) in [7, 11) is 0. The third-order valence-electron chi connectivity index (χ3n) is 3.85. The lowest BCUT2D eigenvalue weighted by molar-refractivity contribution is -0.115. The van der Waals surface area contributed by atoms with Gasteiger partial charge in [-0.25, -0.2) is 9.97 Å². The first-order valence-electron chi connectivity index (χ1n) is 8.32. The second kappa shape index (κ2) is 8.05. The van der Waals surface area contributed by atoms with Crippen LogP contribution >= 0.6 is 11.3 Å². The highest BCUT2D eigenvalue weighted by Crippen LogP contribution is 2.22. The number of aromatic nitrogens is 3. The first kappa shape index (κ1) is 18.7. The summed E-state index contributed by atoms with van der Waals surface area (Å²) in [6.45, 7) is 5.97. The molecule has 3 aromatic rings. The third kappa shape index (κ3) is 4.73. The van der Waals surface area contributed by atoms with E-state index in [2.05, 4.69) is 25.6 Å². The van der Waals surface area contributed by atoms with E-state index in [4.69, 9.17) is 0 Å². The molecule has 2 heterocycles. The van der Waals surface area contributed by atoms with Crippen molar-refractivity contribution in [1.29, 1.82) is 0 Å². The highest BCUT2D eigenvalue weighted by Gasteiger charge is 2.13. The Morgan fingerprint density at radius 3 is 2.48 bits per heavy atom. The maximum absolute atomic E-state index is 12.4. The molecule has 2 amide bonds. The number of nitrogens with zero attached hydrogens (tertiary/aromatic N) is 3. The van der Waals surface area contributed by atoms with Crippen LogP contribution in [0.2, 0.25) is 0 Å². The van der Waals surface area contributed by atoms with Crippen LogP contribution in [0.5, 0.6) is 0 Å². The van der Waals surface area contributed by atoms with Gasteiger partial charge >= 0.3 is 0 Å². The number of amides is 2. The molecule has 2 N–H and O–H groups in total. The molecular formula is C19H19N5O2S. The zero-order valence-corrected chi connectivity index (χ0v) is 16.1. The van der Waals surface area contributed by atoms with Crippen LogP contribution in [0, 0.1) is 20.8 Å². The maximum Gasteiger partial charge on any atom is 0.277 e. The summed E-state index contributed by atoms with van der Waals surface area (Å²) in [5.74, 6) is -0.540. The number of thiazole rings is 1. The molecule has 0 saturated heterocycles. The Kier molecular flexibility index (Phi) is 5.56. The van der Waals surface area contributed by atoms with Crippen LogP contribution in [0.25, 0.3) is 0 Å². The van der Waals surface area contributed by atoms with Crippen LogP contribution in [0.1, 0.15) is 32.9 Å². The minimum Gasteiger partial charge on any atom is -0.325 e. The molecule has 0 aliphatic rings. The molecule has 0 radical (unpaired) electrons. The normalized spacial score (nSPS) is 10.5. The fourth-order valence-electron chi connectivity index (χ4n) is 2.75. The molecule has 0 aliphatic carbocycles. The van der Waals surface area contributed by atoms with Crippen molar-refractivity contribution in [3.63, 3.8) is 0 Å². The van der Waals surface area contributed by atoms with Gasteiger partial charge in [-0.3, -0.25) is 19.9 Å². The van der Waals surface area contributed by atoms with E-state index in [0.29, 0.717) is 10.8 Å². The monoisotopic (exact) mass is 381 g/mol. The van der Waals surface area contributed by atoms with Gasteiger partial charge in [0.2, 0.25) is 5.91 Å². The second-order valence-electron chi connectivity index (χ2n) is 6.19. The van der Waals surface area contributed by atoms with Gasteiger partial charge in [-0.2, -0.15) is 0 Å². The van der Waals surface area contributed by atoms with Crippen LogP contribution in [0.15, 0.2) is 36.1 Å². The predicted molar refractivity (Wildman–Crippen MR) is 105 cm³/mol. The van der Waals surface area contributed by atoms with Gasteiger partial charge in [-0.1, -0.05) is 17.7 Å². The Morgan fingerprint density at radius 2 is 1.81 bits per heavy atom. The highest BCUT2D eigenvalue weighted by atomic mass is 32.1. The third-order valence-corrected chi connectivity index (χ3v) is 4.66. The fourth-order valence-corrected chi connectivity index (χ4v) is 3.45. The van der Waals surface area contributed by atoms with Gasteiger partial charge in [0, 0.05) is 23.5 Å². The smallest absolute Gasteiger partial charge is 0.277 e. The fraction of sp³-hybridized carbons (Fsp3) is 0.211. The van der Waals surface area contributed by atoms with Gasteiger partial charge in [0.1, 0.15) is 5.69 Å². The van der Waals surface area contributed by atoms with Crippen LogP contribution in [-0.4, -0.2) is 26.8 Å². The lowest BCUT2D eigenvalue weighted by atomic mass is 10.0. The number of nitrogens with one attached hydrogen (secondary N) is 2. The summed E-state index contributed by atoms with van der Waals surface area (Å²) in [5.41, 5.74) is 4.83. The zero-order valence-electron chi connectivity index (χ0n) is 15.2. The molecule has 1 aromatic carbocycles. The molecule has 0 saturated carbocycles. The Labute approximate surface area is 160 Å². The molecule has 3 rings (SSSR count). The molecule has 138 valence electrons. The quantitative estimate of drug-likeness (QED) is 0.707. The lowest BCUT2D eigenvalue weighted by Crippen LogP contribution is -2.17. The highest BCUT2D eigenvalue weighted by molar-refractivity contribution is 7.14. The van der Waals surface area contributed by atoms with Crippen molar-refractivity contribution in [2.45, 2.75) is 27.2 Å². The van der Waals surface area contributed by atoms with Crippen molar-refractivity contribution in [3.8, 4) is 0 Å². The number of carbonyl (C=O) groups is 2. The van der Waals surface area contributed by atoms with Crippen LogP contribution in [0.4, 0.5) is 10.8 Å². The van der Waals surface area contributed by atoms with Crippen molar-refractivity contribution >= 4 is 34.0 Å². The predicted octanol–water partition coefficient (Wildman–Crippen LogP) is 3.29. The summed E-state index contributed by atoms with van der Waals surface area (Å²) in [5, 5.41) is 7.77. The first-order valence-corrected chi connectivity index (χ1v) is 9.20. The average Bonchev–Trinajstić information content (AvgIpc) is 3.05. The Morgan fingerprint density at radius 1 is 1.07 bits per heavy atom. The molecule has 0 bridgehead atoms. The number of hydrogen-bond acceptors (Lipinski definition) is 6. The van der Waals surface area contributed by atoms with E-state index in [1.54, 1.807) is 5.38 Å². The molecule has 0 aliphatic heterocycles. The summed E-state index contributed by atoms with van der Waals surface area (Å²) in [4.78, 5) is 36.5. The molecule has 0 unspecified atom stereocenters. The summed E-state index contributed by atoms with van der Waals surface area (Å²) in [6, 6.07) is 4.07. The van der Waals surface area contributed by atoms with Crippen molar-refractivity contribution in [2.24, 2.45) is 0 Å². The van der Waals surface area contributed by atoms with Crippen molar-refractivity contribution < 1.29 is 9.59 Å². The molecule has 2 aromatic heterocycles. The van der Waals surface area contributed by atoms with E-state index in [1.807, 2.05) is 32.9 Å². The Balaban J connectivity index is 1.62. The number of rotatable bonds is 5. The largest absolute Gasteiger partial charge is 0.325 e. The van der Waals surface area contributed by atoms with E-state index in [1.165, 1.54) is 29.9 Å². The molecule has 0 fully saturated rings.